The number of piperidine rings is 1. The van der Waals surface area contributed by atoms with Gasteiger partial charge in [0.05, 0.1) is 5.69 Å². The lowest BCUT2D eigenvalue weighted by Gasteiger charge is -2.28. The van der Waals surface area contributed by atoms with Crippen molar-refractivity contribution >= 4 is 6.03 Å². The normalized spacial score (nSPS) is 20.3. The van der Waals surface area contributed by atoms with Crippen molar-refractivity contribution in [2.75, 3.05) is 26.7 Å². The Balaban J connectivity index is 1.89. The molecule has 0 aromatic carbocycles. The number of aromatic nitrogens is 2. The van der Waals surface area contributed by atoms with Gasteiger partial charge in [-0.25, -0.2) is 9.78 Å². The number of hydrogen-bond donors (Lipinski definition) is 1. The largest absolute Gasteiger partial charge is 0.337 e. The molecular weight excluding hydrogens is 252 g/mol. The molecule has 20 heavy (non-hydrogen) atoms. The predicted molar refractivity (Wildman–Crippen MR) is 80.0 cm³/mol. The summed E-state index contributed by atoms with van der Waals surface area (Å²) < 4.78 is 1.57. The van der Waals surface area contributed by atoms with Gasteiger partial charge in [0, 0.05) is 25.2 Å². The van der Waals surface area contributed by atoms with Gasteiger partial charge in [-0.3, -0.25) is 4.57 Å². The first kappa shape index (κ1) is 15.0. The minimum absolute atomic E-state index is 0.0754. The van der Waals surface area contributed by atoms with E-state index in [9.17, 15) is 4.79 Å². The van der Waals surface area contributed by atoms with E-state index in [1.807, 2.05) is 6.20 Å². The van der Waals surface area contributed by atoms with Crippen molar-refractivity contribution < 1.29 is 4.79 Å². The van der Waals surface area contributed by atoms with Crippen LogP contribution in [0.4, 0.5) is 4.79 Å². The summed E-state index contributed by atoms with van der Waals surface area (Å²) in [5.74, 6) is 1.06. The van der Waals surface area contributed by atoms with Crippen molar-refractivity contribution in [1.82, 2.24) is 19.8 Å². The summed E-state index contributed by atoms with van der Waals surface area (Å²) >= 11 is 0. The second-order valence-electron chi connectivity index (χ2n) is 6.22. The molecule has 112 valence electrons. The van der Waals surface area contributed by atoms with Crippen molar-refractivity contribution in [3.05, 3.63) is 18.2 Å². The molecule has 1 amide bonds. The fraction of sp³-hybridized carbons (Fsp3) is 0.733. The van der Waals surface area contributed by atoms with Crippen LogP contribution in [-0.4, -0.2) is 47.2 Å². The Labute approximate surface area is 121 Å². The van der Waals surface area contributed by atoms with Gasteiger partial charge in [0.1, 0.15) is 6.33 Å². The molecule has 1 atom stereocenters. The lowest BCUT2D eigenvalue weighted by atomic mass is 9.96. The Morgan fingerprint density at radius 3 is 3.05 bits per heavy atom. The molecule has 1 aromatic rings. The monoisotopic (exact) mass is 278 g/mol. The van der Waals surface area contributed by atoms with Gasteiger partial charge < -0.3 is 10.2 Å². The van der Waals surface area contributed by atoms with Gasteiger partial charge in [-0.2, -0.15) is 0 Å². The summed E-state index contributed by atoms with van der Waals surface area (Å²) in [6.07, 6.45) is 6.88. The molecule has 2 rings (SSSR count). The maximum atomic E-state index is 12.0. The van der Waals surface area contributed by atoms with Gasteiger partial charge in [-0.05, 0) is 38.8 Å². The van der Waals surface area contributed by atoms with Crippen molar-refractivity contribution in [2.45, 2.75) is 39.0 Å². The molecule has 5 heteroatoms. The molecule has 5 nitrogen and oxygen atoms in total. The number of rotatable bonds is 4. The van der Waals surface area contributed by atoms with Crippen molar-refractivity contribution in [2.24, 2.45) is 5.92 Å². The number of nitrogens with one attached hydrogen (secondary N) is 1. The van der Waals surface area contributed by atoms with Crippen LogP contribution >= 0.6 is 0 Å². The van der Waals surface area contributed by atoms with E-state index < -0.39 is 0 Å². The maximum Gasteiger partial charge on any atom is 0.326 e. The first-order valence-electron chi connectivity index (χ1n) is 7.57. The standard InChI is InChI=1S/C15H26N4O/c1-12(2)6-7-16-15(20)19-10-14(17-11-19)13-5-4-8-18(3)9-13/h10-13H,4-9H2,1-3H3,(H,16,20). The molecule has 1 aliphatic heterocycles. The van der Waals surface area contributed by atoms with Crippen molar-refractivity contribution in [3.63, 3.8) is 0 Å². The highest BCUT2D eigenvalue weighted by atomic mass is 16.2. The first-order chi connectivity index (χ1) is 9.56. The Bertz CT molecular complexity index is 441. The van der Waals surface area contributed by atoms with Crippen LogP contribution in [0.5, 0.6) is 0 Å². The van der Waals surface area contributed by atoms with Crippen LogP contribution in [0.3, 0.4) is 0 Å². The lowest BCUT2D eigenvalue weighted by Crippen LogP contribution is -2.31. The summed E-state index contributed by atoms with van der Waals surface area (Å²) in [7, 11) is 2.14. The minimum Gasteiger partial charge on any atom is -0.337 e. The predicted octanol–water partition coefficient (Wildman–Crippen LogP) is 2.30. The summed E-state index contributed by atoms with van der Waals surface area (Å²) in [6, 6.07) is -0.0754. The first-order valence-corrected chi connectivity index (χ1v) is 7.57. The second kappa shape index (κ2) is 6.88. The molecule has 0 aliphatic carbocycles. The van der Waals surface area contributed by atoms with E-state index in [4.69, 9.17) is 0 Å². The van der Waals surface area contributed by atoms with Crippen LogP contribution in [0.15, 0.2) is 12.5 Å². The van der Waals surface area contributed by atoms with E-state index in [1.165, 1.54) is 6.42 Å². The van der Waals surface area contributed by atoms with E-state index in [1.54, 1.807) is 10.9 Å². The zero-order valence-corrected chi connectivity index (χ0v) is 12.8. The van der Waals surface area contributed by atoms with Gasteiger partial charge in [-0.1, -0.05) is 13.8 Å². The second-order valence-corrected chi connectivity index (χ2v) is 6.22. The number of amides is 1. The summed E-state index contributed by atoms with van der Waals surface area (Å²) in [6.45, 7) is 7.22. The fourth-order valence-electron chi connectivity index (χ4n) is 2.63. The Hall–Kier alpha value is -1.36. The number of likely N-dealkylation sites (tertiary alicyclic amines) is 1. The topological polar surface area (TPSA) is 50.2 Å². The molecule has 0 spiro atoms. The number of likely N-dealkylation sites (N-methyl/N-ethyl adjacent to an activating group) is 1. The Kier molecular flexibility index (Phi) is 5.17. The highest BCUT2D eigenvalue weighted by Crippen LogP contribution is 2.24. The van der Waals surface area contributed by atoms with Gasteiger partial charge in [-0.15, -0.1) is 0 Å². The molecule has 0 radical (unpaired) electrons. The van der Waals surface area contributed by atoms with E-state index in [-0.39, 0.29) is 6.03 Å². The number of carbonyl (C=O) groups excluding carboxylic acids is 1. The number of imidazole rings is 1. The molecule has 0 bridgehead atoms. The van der Waals surface area contributed by atoms with Crippen LogP contribution in [0, 0.1) is 5.92 Å². The zero-order chi connectivity index (χ0) is 14.5. The highest BCUT2D eigenvalue weighted by molar-refractivity contribution is 5.76. The molecule has 1 aromatic heterocycles. The average Bonchev–Trinajstić information content (AvgIpc) is 2.87. The molecule has 0 saturated carbocycles. The van der Waals surface area contributed by atoms with Crippen LogP contribution < -0.4 is 5.32 Å². The van der Waals surface area contributed by atoms with E-state index in [0.29, 0.717) is 11.8 Å². The summed E-state index contributed by atoms with van der Waals surface area (Å²) in [5, 5.41) is 2.93. The SMILES string of the molecule is CC(C)CCNC(=O)n1cnc(C2CCCN(C)C2)c1. The number of carbonyl (C=O) groups is 1. The quantitative estimate of drug-likeness (QED) is 0.919. The van der Waals surface area contributed by atoms with Gasteiger partial charge in [0.15, 0.2) is 0 Å². The summed E-state index contributed by atoms with van der Waals surface area (Å²) in [5.41, 5.74) is 1.04. The average molecular weight is 278 g/mol. The molecule has 2 heterocycles. The Morgan fingerprint density at radius 2 is 2.35 bits per heavy atom. The Morgan fingerprint density at radius 1 is 1.55 bits per heavy atom. The van der Waals surface area contributed by atoms with Gasteiger partial charge >= 0.3 is 6.03 Å². The third-order valence-corrected chi connectivity index (χ3v) is 3.88. The smallest absolute Gasteiger partial charge is 0.326 e. The highest BCUT2D eigenvalue weighted by Gasteiger charge is 2.21. The molecule has 1 aliphatic rings. The maximum absolute atomic E-state index is 12.0. The van der Waals surface area contributed by atoms with Crippen LogP contribution in [0.25, 0.3) is 0 Å². The van der Waals surface area contributed by atoms with Crippen molar-refractivity contribution in [1.29, 1.82) is 0 Å². The van der Waals surface area contributed by atoms with Crippen LogP contribution in [0.2, 0.25) is 0 Å². The molecule has 1 N–H and O–H groups in total. The molecular formula is C15H26N4O. The third-order valence-electron chi connectivity index (χ3n) is 3.88. The number of nitrogens with zero attached hydrogens (tertiary/aromatic N) is 3. The molecule has 1 unspecified atom stereocenters. The zero-order valence-electron chi connectivity index (χ0n) is 12.8. The fourth-order valence-corrected chi connectivity index (χ4v) is 2.63. The minimum atomic E-state index is -0.0754. The van der Waals surface area contributed by atoms with Gasteiger partial charge in [0.25, 0.3) is 0 Å². The third kappa shape index (κ3) is 4.07. The van der Waals surface area contributed by atoms with E-state index >= 15 is 0 Å². The van der Waals surface area contributed by atoms with Crippen LogP contribution in [-0.2, 0) is 0 Å². The van der Waals surface area contributed by atoms with E-state index in [0.717, 1.165) is 38.2 Å². The van der Waals surface area contributed by atoms with Crippen LogP contribution in [0.1, 0.15) is 44.7 Å². The van der Waals surface area contributed by atoms with E-state index in [2.05, 4.69) is 36.1 Å². The number of hydrogen-bond acceptors (Lipinski definition) is 3. The van der Waals surface area contributed by atoms with Crippen molar-refractivity contribution in [3.8, 4) is 0 Å². The van der Waals surface area contributed by atoms with Gasteiger partial charge in [0.2, 0.25) is 0 Å². The molecule has 1 fully saturated rings. The lowest BCUT2D eigenvalue weighted by molar-refractivity contribution is 0.241. The molecule has 1 saturated heterocycles. The summed E-state index contributed by atoms with van der Waals surface area (Å²) in [4.78, 5) is 18.7.